The second kappa shape index (κ2) is 9.45. The average molecular weight is 433 g/mol. The molecule has 1 aliphatic carbocycles. The molecule has 1 spiro atoms. The van der Waals surface area contributed by atoms with Crippen LogP contribution in [0.15, 0.2) is 24.3 Å². The Morgan fingerprint density at radius 1 is 1.16 bits per heavy atom. The molecule has 168 valence electrons. The van der Waals surface area contributed by atoms with Gasteiger partial charge in [0, 0.05) is 13.6 Å². The molecule has 0 bridgehead atoms. The van der Waals surface area contributed by atoms with E-state index < -0.39 is 35.9 Å². The van der Waals surface area contributed by atoms with Crippen molar-refractivity contribution in [3.63, 3.8) is 0 Å². The highest BCUT2D eigenvalue weighted by Gasteiger charge is 2.55. The van der Waals surface area contributed by atoms with E-state index in [-0.39, 0.29) is 24.7 Å². The second-order valence-corrected chi connectivity index (χ2v) is 8.18. The Morgan fingerprint density at radius 3 is 2.42 bits per heavy atom. The van der Waals surface area contributed by atoms with Crippen molar-refractivity contribution in [2.45, 2.75) is 44.1 Å². The van der Waals surface area contributed by atoms with Crippen LogP contribution in [0.1, 0.15) is 37.7 Å². The van der Waals surface area contributed by atoms with Crippen molar-refractivity contribution >= 4 is 23.8 Å². The normalized spacial score (nSPS) is 18.9. The first kappa shape index (κ1) is 22.7. The van der Waals surface area contributed by atoms with Gasteiger partial charge in [-0.05, 0) is 37.0 Å². The Kier molecular flexibility index (Phi) is 6.92. The minimum Gasteiger partial charge on any atom is -0.469 e. The molecule has 1 aliphatic heterocycles. The van der Waals surface area contributed by atoms with Gasteiger partial charge in [-0.2, -0.15) is 0 Å². The van der Waals surface area contributed by atoms with Crippen LogP contribution in [-0.4, -0.2) is 66.4 Å². The summed E-state index contributed by atoms with van der Waals surface area (Å²) in [5, 5.41) is 2.63. The first-order valence-corrected chi connectivity index (χ1v) is 10.5. The standard InChI is InChI=1S/C22H28FN3O5/c1-25-21(30)26(20(29)22(25)10-4-3-5-11-22)14-18(27)24-13-16(19(28)31-2)12-15-6-8-17(23)9-7-15/h6-9,16H,3-5,10-14H2,1-2H3,(H,24,27)/t16-/m0/s1. The molecular formula is C22H28FN3O5. The van der Waals surface area contributed by atoms with Gasteiger partial charge in [0.25, 0.3) is 5.91 Å². The lowest BCUT2D eigenvalue weighted by atomic mass is 9.81. The number of rotatable bonds is 7. The molecule has 1 saturated heterocycles. The number of ether oxygens (including phenoxy) is 1. The highest BCUT2D eigenvalue weighted by Crippen LogP contribution is 2.39. The minimum absolute atomic E-state index is 0.0277. The van der Waals surface area contributed by atoms with E-state index in [0.29, 0.717) is 12.8 Å². The molecule has 1 N–H and O–H groups in total. The largest absolute Gasteiger partial charge is 0.469 e. The lowest BCUT2D eigenvalue weighted by Gasteiger charge is -2.35. The molecule has 31 heavy (non-hydrogen) atoms. The SMILES string of the molecule is COC(=O)[C@H](CNC(=O)CN1C(=O)N(C)C2(CCCCC2)C1=O)Cc1ccc(F)cc1. The van der Waals surface area contributed by atoms with E-state index >= 15 is 0 Å². The number of methoxy groups -OCH3 is 1. The second-order valence-electron chi connectivity index (χ2n) is 8.18. The zero-order chi connectivity index (χ0) is 22.6. The Morgan fingerprint density at radius 2 is 1.81 bits per heavy atom. The number of esters is 1. The predicted molar refractivity (Wildman–Crippen MR) is 109 cm³/mol. The van der Waals surface area contributed by atoms with E-state index in [2.05, 4.69) is 5.32 Å². The maximum Gasteiger partial charge on any atom is 0.327 e. The van der Waals surface area contributed by atoms with Crippen molar-refractivity contribution < 1.29 is 28.3 Å². The summed E-state index contributed by atoms with van der Waals surface area (Å²) in [5.41, 5.74) is -0.121. The van der Waals surface area contributed by atoms with E-state index in [1.807, 2.05) is 0 Å². The van der Waals surface area contributed by atoms with Gasteiger partial charge in [-0.3, -0.25) is 19.3 Å². The van der Waals surface area contributed by atoms with Crippen molar-refractivity contribution in [1.29, 1.82) is 0 Å². The number of halogens is 1. The summed E-state index contributed by atoms with van der Waals surface area (Å²) in [4.78, 5) is 52.7. The average Bonchev–Trinajstić information content (AvgIpc) is 2.94. The molecule has 9 heteroatoms. The van der Waals surface area contributed by atoms with Gasteiger partial charge < -0.3 is 15.0 Å². The number of hydrogen-bond donors (Lipinski definition) is 1. The number of nitrogens with zero attached hydrogens (tertiary/aromatic N) is 2. The fourth-order valence-corrected chi connectivity index (χ4v) is 4.42. The van der Waals surface area contributed by atoms with Crippen LogP contribution in [0.25, 0.3) is 0 Å². The number of carbonyl (C=O) groups is 4. The molecule has 3 rings (SSSR count). The van der Waals surface area contributed by atoms with Gasteiger partial charge in [0.15, 0.2) is 0 Å². The Hall–Kier alpha value is -2.97. The van der Waals surface area contributed by atoms with Crippen LogP contribution in [0.5, 0.6) is 0 Å². The van der Waals surface area contributed by atoms with Crippen molar-refractivity contribution in [2.24, 2.45) is 5.92 Å². The van der Waals surface area contributed by atoms with Crippen LogP contribution in [0, 0.1) is 11.7 Å². The fraction of sp³-hybridized carbons (Fsp3) is 0.545. The summed E-state index contributed by atoms with van der Waals surface area (Å²) >= 11 is 0. The summed E-state index contributed by atoms with van der Waals surface area (Å²) < 4.78 is 17.9. The van der Waals surface area contributed by atoms with E-state index in [1.54, 1.807) is 19.2 Å². The summed E-state index contributed by atoms with van der Waals surface area (Å²) in [6.07, 6.45) is 4.23. The quantitative estimate of drug-likeness (QED) is 0.523. The van der Waals surface area contributed by atoms with Crippen LogP contribution in [0.2, 0.25) is 0 Å². The number of hydrogen-bond acceptors (Lipinski definition) is 5. The number of likely N-dealkylation sites (N-methyl/N-ethyl adjacent to an activating group) is 1. The highest BCUT2D eigenvalue weighted by atomic mass is 19.1. The zero-order valence-corrected chi connectivity index (χ0v) is 17.9. The van der Waals surface area contributed by atoms with Gasteiger partial charge in [-0.1, -0.05) is 31.4 Å². The number of benzene rings is 1. The molecular weight excluding hydrogens is 405 g/mol. The number of nitrogens with one attached hydrogen (secondary N) is 1. The molecule has 1 atom stereocenters. The summed E-state index contributed by atoms with van der Waals surface area (Å²) in [7, 11) is 2.86. The van der Waals surface area contributed by atoms with E-state index in [4.69, 9.17) is 4.74 Å². The van der Waals surface area contributed by atoms with Gasteiger partial charge in [0.1, 0.15) is 17.9 Å². The van der Waals surface area contributed by atoms with Crippen LogP contribution in [0.3, 0.4) is 0 Å². The number of amides is 4. The molecule has 4 amide bonds. The first-order chi connectivity index (χ1) is 14.8. The third-order valence-corrected chi connectivity index (χ3v) is 6.26. The molecule has 1 heterocycles. The van der Waals surface area contributed by atoms with Crippen LogP contribution >= 0.6 is 0 Å². The molecule has 1 saturated carbocycles. The van der Waals surface area contributed by atoms with Crippen LogP contribution in [-0.2, 0) is 25.5 Å². The zero-order valence-electron chi connectivity index (χ0n) is 17.9. The summed E-state index contributed by atoms with van der Waals surface area (Å²) in [5.74, 6) is -2.44. The maximum absolute atomic E-state index is 13.1. The van der Waals surface area contributed by atoms with Crippen molar-refractivity contribution in [2.75, 3.05) is 27.2 Å². The molecule has 0 radical (unpaired) electrons. The molecule has 0 aromatic heterocycles. The first-order valence-electron chi connectivity index (χ1n) is 10.5. The van der Waals surface area contributed by atoms with E-state index in [1.165, 1.54) is 24.1 Å². The Balaban J connectivity index is 1.60. The smallest absolute Gasteiger partial charge is 0.327 e. The van der Waals surface area contributed by atoms with Gasteiger partial charge in [-0.15, -0.1) is 0 Å². The van der Waals surface area contributed by atoms with E-state index in [9.17, 15) is 23.6 Å². The fourth-order valence-electron chi connectivity index (χ4n) is 4.42. The monoisotopic (exact) mass is 433 g/mol. The topological polar surface area (TPSA) is 96.0 Å². The van der Waals surface area contributed by atoms with Crippen molar-refractivity contribution in [3.05, 3.63) is 35.6 Å². The third kappa shape index (κ3) is 4.70. The summed E-state index contributed by atoms with van der Waals surface area (Å²) in [6.45, 7) is -0.422. The number of carbonyl (C=O) groups excluding carboxylic acids is 4. The van der Waals surface area contributed by atoms with Crippen molar-refractivity contribution in [1.82, 2.24) is 15.1 Å². The van der Waals surface area contributed by atoms with Gasteiger partial charge in [0.2, 0.25) is 5.91 Å². The molecule has 2 aliphatic rings. The minimum atomic E-state index is -0.841. The third-order valence-electron chi connectivity index (χ3n) is 6.26. The molecule has 1 aromatic carbocycles. The molecule has 1 aromatic rings. The van der Waals surface area contributed by atoms with Crippen molar-refractivity contribution in [3.8, 4) is 0 Å². The van der Waals surface area contributed by atoms with Crippen LogP contribution in [0.4, 0.5) is 9.18 Å². The maximum atomic E-state index is 13.1. The predicted octanol–water partition coefficient (Wildman–Crippen LogP) is 1.87. The van der Waals surface area contributed by atoms with E-state index in [0.717, 1.165) is 29.7 Å². The lowest BCUT2D eigenvalue weighted by Crippen LogP contribution is -2.49. The Labute approximate surface area is 180 Å². The highest BCUT2D eigenvalue weighted by molar-refractivity contribution is 6.08. The van der Waals surface area contributed by atoms with Gasteiger partial charge in [-0.25, -0.2) is 9.18 Å². The Bertz CT molecular complexity index is 851. The molecule has 2 fully saturated rings. The van der Waals surface area contributed by atoms with Crippen LogP contribution < -0.4 is 5.32 Å². The van der Waals surface area contributed by atoms with Gasteiger partial charge >= 0.3 is 12.0 Å². The molecule has 0 unspecified atom stereocenters. The summed E-state index contributed by atoms with van der Waals surface area (Å²) in [6, 6.07) is 5.25. The number of imide groups is 1. The number of urea groups is 1. The van der Waals surface area contributed by atoms with Gasteiger partial charge in [0.05, 0.1) is 13.0 Å². The molecule has 8 nitrogen and oxygen atoms in total. The lowest BCUT2D eigenvalue weighted by molar-refractivity contribution is -0.145.